The Morgan fingerprint density at radius 2 is 1.02 bits per heavy atom. The number of alkyl carbamates (subject to hydrolysis) is 1. The number of ether oxygens (including phenoxy) is 5. The highest BCUT2D eigenvalue weighted by molar-refractivity contribution is 6.26. The van der Waals surface area contributed by atoms with Crippen molar-refractivity contribution in [1.29, 1.82) is 0 Å². The normalized spacial score (nSPS) is 22.1. The molecule has 4 atom stereocenters. The highest BCUT2D eigenvalue weighted by Gasteiger charge is 2.51. The minimum atomic E-state index is -0.990. The lowest BCUT2D eigenvalue weighted by molar-refractivity contribution is -0.164. The molecule has 1 aromatic heterocycles. The number of amidine groups is 1. The lowest BCUT2D eigenvalue weighted by Gasteiger charge is -2.50. The van der Waals surface area contributed by atoms with Gasteiger partial charge in [0.25, 0.3) is 0 Å². The number of allylic oxidation sites excluding steroid dienone is 1. The van der Waals surface area contributed by atoms with Gasteiger partial charge >= 0.3 is 30.0 Å². The Balaban J connectivity index is 2.03. The van der Waals surface area contributed by atoms with Crippen molar-refractivity contribution in [2.75, 3.05) is 31.7 Å². The summed E-state index contributed by atoms with van der Waals surface area (Å²) in [5.74, 6) is -2.27. The topological polar surface area (TPSA) is 230 Å². The van der Waals surface area contributed by atoms with Crippen LogP contribution in [0.4, 0.5) is 10.6 Å². The molecule has 1 aliphatic heterocycles. The van der Waals surface area contributed by atoms with Crippen molar-refractivity contribution in [2.45, 2.75) is 282 Å². The number of aliphatic imine (C=N–C) groups is 1. The van der Waals surface area contributed by atoms with E-state index in [1.165, 1.54) is 6.92 Å². The van der Waals surface area contributed by atoms with Gasteiger partial charge in [-0.1, -0.05) is 166 Å². The molecule has 3 amide bonds. The molecule has 0 bridgehead atoms. The van der Waals surface area contributed by atoms with Crippen LogP contribution in [-0.2, 0) is 47.7 Å². The van der Waals surface area contributed by atoms with Gasteiger partial charge in [0, 0.05) is 45.8 Å². The molecular formula is C78H129N5O12. The number of aromatic amines is 1. The molecule has 4 N–H and O–H groups in total. The Morgan fingerprint density at radius 3 is 1.42 bits per heavy atom. The number of esters is 4. The fourth-order valence-electron chi connectivity index (χ4n) is 14.8. The van der Waals surface area contributed by atoms with Crippen LogP contribution in [0.25, 0.3) is 6.08 Å². The Kier molecular flexibility index (Phi) is 28.6. The molecule has 17 nitrogen and oxygen atoms in total. The van der Waals surface area contributed by atoms with E-state index in [0.29, 0.717) is 92.2 Å². The molecule has 0 saturated heterocycles. The van der Waals surface area contributed by atoms with Gasteiger partial charge in [0.05, 0.1) is 30.9 Å². The second-order valence-electron chi connectivity index (χ2n) is 34.0. The Hall–Kier alpha value is -5.74. The smallest absolute Gasteiger partial charge is 0.407 e. The number of rotatable bonds is 28. The number of nitrogens with one attached hydrogen (secondary N) is 4. The standard InChI is InChI=1S/C78H129N5O12/c1-28-76(26,27)70(89)92-38-33-35-77(29-2,30-3)68(87)82-63-59(66(85)94-61-51(72(14,15)16)41-49(12)42-52(61)73(17,18)19)57(46(6)7)55(80-63)45-56-58(47(8)9)60(67(86)95-62-53(74(20,21)22)43-50(13)44-54(62)75(23,24)25)64(81-56)83-69(88)78(31-4,32-5)36-34-39-93-71(90)79-37-40-91-65(84)48(10)11/h45-47,49-54,61-62,80H,10,28-44H2,1-9,11-27H3,(H,79,90)(H,82,87)(H,81,83,88). The molecule has 2 saturated carbocycles. The van der Waals surface area contributed by atoms with Crippen molar-refractivity contribution in [2.24, 2.45) is 84.3 Å². The first-order valence-corrected chi connectivity index (χ1v) is 36.1. The molecule has 4 unspecified atom stereocenters. The first kappa shape index (κ1) is 81.7. The minimum Gasteiger partial charge on any atom is -0.465 e. The number of anilines is 1. The average Bonchev–Trinajstić information content (AvgIpc) is 1.73. The summed E-state index contributed by atoms with van der Waals surface area (Å²) in [6.07, 6.45) is 7.61. The van der Waals surface area contributed by atoms with Gasteiger partial charge in [-0.15, -0.1) is 0 Å². The molecule has 2 heterocycles. The molecule has 2 fully saturated rings. The summed E-state index contributed by atoms with van der Waals surface area (Å²) in [6.45, 7) is 57.9. The third kappa shape index (κ3) is 20.7. The van der Waals surface area contributed by atoms with E-state index in [1.54, 1.807) is 0 Å². The third-order valence-electron chi connectivity index (χ3n) is 21.7. The molecule has 1 aromatic rings. The van der Waals surface area contributed by atoms with E-state index in [4.69, 9.17) is 28.7 Å². The predicted molar refractivity (Wildman–Crippen MR) is 381 cm³/mol. The first-order chi connectivity index (χ1) is 43.8. The zero-order valence-corrected chi connectivity index (χ0v) is 63.9. The maximum Gasteiger partial charge on any atom is 0.407 e. The molecule has 4 rings (SSSR count). The van der Waals surface area contributed by atoms with Gasteiger partial charge in [0.15, 0.2) is 0 Å². The summed E-state index contributed by atoms with van der Waals surface area (Å²) in [7, 11) is 0. The van der Waals surface area contributed by atoms with Crippen molar-refractivity contribution < 1.29 is 57.2 Å². The fraction of sp³-hybridized carbons (Fsp3) is 0.769. The van der Waals surface area contributed by atoms with E-state index in [0.717, 1.165) is 25.7 Å². The molecular weight excluding hydrogens is 1200 g/mol. The summed E-state index contributed by atoms with van der Waals surface area (Å²) in [5, 5.41) is 9.07. The summed E-state index contributed by atoms with van der Waals surface area (Å²) in [4.78, 5) is 109. The number of aromatic nitrogens is 1. The van der Waals surface area contributed by atoms with E-state index >= 15 is 19.2 Å². The van der Waals surface area contributed by atoms with Crippen molar-refractivity contribution >= 4 is 59.5 Å². The lowest BCUT2D eigenvalue weighted by Crippen LogP contribution is -2.50. The van der Waals surface area contributed by atoms with Gasteiger partial charge in [0.2, 0.25) is 11.8 Å². The maximum atomic E-state index is 15.9. The fourth-order valence-corrected chi connectivity index (χ4v) is 14.8. The molecule has 0 spiro atoms. The summed E-state index contributed by atoms with van der Waals surface area (Å²) >= 11 is 0. The molecule has 0 radical (unpaired) electrons. The van der Waals surface area contributed by atoms with Crippen LogP contribution in [0.2, 0.25) is 0 Å². The highest BCUT2D eigenvalue weighted by atomic mass is 16.6. The van der Waals surface area contributed by atoms with Crippen molar-refractivity contribution in [1.82, 2.24) is 15.6 Å². The molecule has 95 heavy (non-hydrogen) atoms. The predicted octanol–water partition coefficient (Wildman–Crippen LogP) is 17.8. The number of nitrogens with zero attached hydrogens (tertiary/aromatic N) is 1. The largest absolute Gasteiger partial charge is 0.465 e. The summed E-state index contributed by atoms with van der Waals surface area (Å²) < 4.78 is 30.4. The van der Waals surface area contributed by atoms with Crippen LogP contribution < -0.4 is 16.0 Å². The van der Waals surface area contributed by atoms with Gasteiger partial charge < -0.3 is 44.6 Å². The summed E-state index contributed by atoms with van der Waals surface area (Å²) in [5.41, 5.74) is -0.877. The first-order valence-electron chi connectivity index (χ1n) is 36.1. The minimum absolute atomic E-state index is 0.00631. The molecule has 17 heteroatoms. The number of hydrogen-bond acceptors (Lipinski definition) is 13. The van der Waals surface area contributed by atoms with Crippen LogP contribution in [0.3, 0.4) is 0 Å². The van der Waals surface area contributed by atoms with Crippen LogP contribution in [0.5, 0.6) is 0 Å². The third-order valence-corrected chi connectivity index (χ3v) is 21.7. The van der Waals surface area contributed by atoms with Crippen molar-refractivity contribution in [3.63, 3.8) is 0 Å². The van der Waals surface area contributed by atoms with Gasteiger partial charge in [0.1, 0.15) is 41.6 Å². The van der Waals surface area contributed by atoms with E-state index in [-0.39, 0.29) is 130 Å². The summed E-state index contributed by atoms with van der Waals surface area (Å²) in [6, 6.07) is 0. The monoisotopic (exact) mass is 1330 g/mol. The van der Waals surface area contributed by atoms with Crippen molar-refractivity contribution in [3.8, 4) is 0 Å². The van der Waals surface area contributed by atoms with Gasteiger partial charge in [-0.25, -0.2) is 24.2 Å². The number of hydrogen-bond donors (Lipinski definition) is 4. The Bertz CT molecular complexity index is 2910. The van der Waals surface area contributed by atoms with Crippen LogP contribution in [0.15, 0.2) is 34.0 Å². The quantitative estimate of drug-likeness (QED) is 0.0266. The lowest BCUT2D eigenvalue weighted by atomic mass is 9.59. The van der Waals surface area contributed by atoms with Crippen molar-refractivity contribution in [3.05, 3.63) is 45.8 Å². The van der Waals surface area contributed by atoms with E-state index in [1.807, 2.05) is 82.2 Å². The SMILES string of the molecule is C=C(C)C(=O)OCCNC(=O)OCCCC(CC)(CC)C(=O)NC1=NC(=Cc2[nH]c(NC(=O)C(CC)(CC)CCCOC(=O)C(C)(C)CC)c(C(=O)OC3C(C(C)(C)C)CC(C)CC3C(C)(C)C)c2C(C)C)C(C(C)C)=C1C(=O)OC1C(C(C)(C)C)CC(C)CC1C(C)(C)C. The average molecular weight is 1330 g/mol. The number of H-pyrrole nitrogens is 1. The van der Waals surface area contributed by atoms with Crippen LogP contribution in [0, 0.1) is 79.3 Å². The second-order valence-corrected chi connectivity index (χ2v) is 34.0. The number of carbonyl (C=O) groups is 7. The highest BCUT2D eigenvalue weighted by Crippen LogP contribution is 2.53. The molecule has 3 aliphatic rings. The van der Waals surface area contributed by atoms with Crippen LogP contribution >= 0.6 is 0 Å². The Labute approximate surface area is 573 Å². The molecule has 0 aromatic carbocycles. The van der Waals surface area contributed by atoms with Crippen LogP contribution in [0.1, 0.15) is 291 Å². The maximum absolute atomic E-state index is 15.9. The van der Waals surface area contributed by atoms with E-state index in [2.05, 4.69) is 124 Å². The molecule has 2 aliphatic carbocycles. The zero-order valence-electron chi connectivity index (χ0n) is 63.9. The van der Waals surface area contributed by atoms with E-state index < -0.39 is 52.5 Å². The van der Waals surface area contributed by atoms with Crippen LogP contribution in [-0.4, -0.2) is 91.2 Å². The number of amides is 3. The van der Waals surface area contributed by atoms with Gasteiger partial charge in [-0.3, -0.25) is 14.4 Å². The van der Waals surface area contributed by atoms with Gasteiger partial charge in [-0.2, -0.15) is 0 Å². The molecule has 538 valence electrons. The number of carbonyl (C=O) groups excluding carboxylic acids is 7. The van der Waals surface area contributed by atoms with E-state index in [9.17, 15) is 14.4 Å². The van der Waals surface area contributed by atoms with Gasteiger partial charge in [-0.05, 0) is 167 Å². The second kappa shape index (κ2) is 33.2. The Morgan fingerprint density at radius 1 is 0.589 bits per heavy atom. The zero-order chi connectivity index (χ0) is 72.3.